The molecule has 7 heteroatoms. The van der Waals surface area contributed by atoms with Crippen LogP contribution in [0.5, 0.6) is 0 Å². The van der Waals surface area contributed by atoms with Crippen molar-refractivity contribution in [3.05, 3.63) is 32.3 Å². The molecule has 0 spiro atoms. The average Bonchev–Trinajstić information content (AvgIpc) is 2.58. The molecule has 1 aromatic carbocycles. The summed E-state index contributed by atoms with van der Waals surface area (Å²) in [4.78, 5) is 0. The second kappa shape index (κ2) is 4.24. The van der Waals surface area contributed by atoms with Crippen LogP contribution in [-0.4, -0.2) is 15.0 Å². The van der Waals surface area contributed by atoms with Crippen LogP contribution in [-0.2, 0) is 0 Å². The first kappa shape index (κ1) is 11.7. The first-order valence-electron chi connectivity index (χ1n) is 4.34. The molecule has 1 heterocycles. The van der Waals surface area contributed by atoms with E-state index in [0.29, 0.717) is 21.6 Å². The van der Waals surface area contributed by atoms with E-state index in [0.717, 1.165) is 10.2 Å². The fourth-order valence-electron chi connectivity index (χ4n) is 1.25. The molecule has 4 nitrogen and oxygen atoms in total. The van der Waals surface area contributed by atoms with Crippen molar-refractivity contribution in [2.24, 2.45) is 0 Å². The van der Waals surface area contributed by atoms with Crippen molar-refractivity contribution in [3.63, 3.8) is 0 Å². The van der Waals surface area contributed by atoms with Crippen molar-refractivity contribution < 1.29 is 0 Å². The summed E-state index contributed by atoms with van der Waals surface area (Å²) in [5, 5.41) is 8.51. The predicted octanol–water partition coefficient (Wildman–Crippen LogP) is 3.23. The van der Waals surface area contributed by atoms with E-state index in [4.69, 9.17) is 28.9 Å². The van der Waals surface area contributed by atoms with Gasteiger partial charge in [-0.25, -0.2) is 4.68 Å². The number of aromatic nitrogens is 3. The van der Waals surface area contributed by atoms with Crippen molar-refractivity contribution in [1.29, 1.82) is 0 Å². The van der Waals surface area contributed by atoms with E-state index in [1.54, 1.807) is 16.8 Å². The normalized spacial score (nSPS) is 10.8. The van der Waals surface area contributed by atoms with Crippen LogP contribution in [0, 0.1) is 6.92 Å². The maximum atomic E-state index is 6.12. The van der Waals surface area contributed by atoms with E-state index in [1.165, 1.54) is 0 Å². The van der Waals surface area contributed by atoms with Gasteiger partial charge in [0.15, 0.2) is 5.82 Å². The Labute approximate surface area is 110 Å². The molecule has 2 aromatic rings. The number of rotatable bonds is 1. The Kier molecular flexibility index (Phi) is 3.10. The van der Waals surface area contributed by atoms with Gasteiger partial charge in [-0.2, -0.15) is 0 Å². The standard InChI is InChI=1S/C9H7BrCl2N4/c1-4-9(13)14-15-16(4)6-3-2-5(10)7(11)8(6)12/h2-3H,13H2,1H3. The average molecular weight is 322 g/mol. The summed E-state index contributed by atoms with van der Waals surface area (Å²) in [6, 6.07) is 3.58. The summed E-state index contributed by atoms with van der Waals surface area (Å²) in [5.74, 6) is 0.370. The molecular formula is C9H7BrCl2N4. The van der Waals surface area contributed by atoms with Gasteiger partial charge >= 0.3 is 0 Å². The van der Waals surface area contributed by atoms with Gasteiger partial charge in [0.25, 0.3) is 0 Å². The molecule has 0 fully saturated rings. The lowest BCUT2D eigenvalue weighted by molar-refractivity contribution is 0.785. The lowest BCUT2D eigenvalue weighted by Crippen LogP contribution is -2.01. The number of hydrogen-bond acceptors (Lipinski definition) is 3. The summed E-state index contributed by atoms with van der Waals surface area (Å²) < 4.78 is 2.28. The first-order valence-corrected chi connectivity index (χ1v) is 5.89. The summed E-state index contributed by atoms with van der Waals surface area (Å²) in [7, 11) is 0. The second-order valence-electron chi connectivity index (χ2n) is 3.17. The van der Waals surface area contributed by atoms with E-state index >= 15 is 0 Å². The quantitative estimate of drug-likeness (QED) is 0.820. The van der Waals surface area contributed by atoms with Gasteiger partial charge in [0.1, 0.15) is 0 Å². The fraction of sp³-hybridized carbons (Fsp3) is 0.111. The zero-order chi connectivity index (χ0) is 11.9. The summed E-state index contributed by atoms with van der Waals surface area (Å²) in [6.45, 7) is 1.81. The van der Waals surface area contributed by atoms with Crippen molar-refractivity contribution >= 4 is 44.9 Å². The minimum absolute atomic E-state index is 0.370. The number of halogens is 3. The van der Waals surface area contributed by atoms with E-state index in [2.05, 4.69) is 26.2 Å². The predicted molar refractivity (Wildman–Crippen MR) is 68.2 cm³/mol. The molecule has 0 aliphatic rings. The van der Waals surface area contributed by atoms with Crippen LogP contribution < -0.4 is 5.73 Å². The Hall–Kier alpha value is -0.780. The van der Waals surface area contributed by atoms with Gasteiger partial charge in [-0.1, -0.05) is 28.4 Å². The van der Waals surface area contributed by atoms with Crippen molar-refractivity contribution in [2.75, 3.05) is 5.73 Å². The third-order valence-electron chi connectivity index (χ3n) is 2.17. The molecule has 0 saturated heterocycles. The minimum Gasteiger partial charge on any atom is -0.381 e. The van der Waals surface area contributed by atoms with Gasteiger partial charge in [-0.15, -0.1) is 5.10 Å². The van der Waals surface area contributed by atoms with Crippen LogP contribution >= 0.6 is 39.1 Å². The van der Waals surface area contributed by atoms with Gasteiger partial charge in [0.05, 0.1) is 21.4 Å². The third kappa shape index (κ3) is 1.79. The van der Waals surface area contributed by atoms with Crippen molar-refractivity contribution in [2.45, 2.75) is 6.92 Å². The molecular weight excluding hydrogens is 315 g/mol. The summed E-state index contributed by atoms with van der Waals surface area (Å²) in [6.07, 6.45) is 0. The van der Waals surface area contributed by atoms with Gasteiger partial charge in [0.2, 0.25) is 0 Å². The molecule has 0 bridgehead atoms. The molecule has 0 saturated carbocycles. The number of nitrogens with zero attached hydrogens (tertiary/aromatic N) is 3. The molecule has 2 N–H and O–H groups in total. The highest BCUT2D eigenvalue weighted by atomic mass is 79.9. The molecule has 0 atom stereocenters. The highest BCUT2D eigenvalue weighted by molar-refractivity contribution is 9.10. The molecule has 16 heavy (non-hydrogen) atoms. The van der Waals surface area contributed by atoms with E-state index in [1.807, 2.05) is 6.92 Å². The molecule has 0 unspecified atom stereocenters. The Morgan fingerprint density at radius 3 is 2.56 bits per heavy atom. The fourth-order valence-corrected chi connectivity index (χ4v) is 2.10. The minimum atomic E-state index is 0.370. The lowest BCUT2D eigenvalue weighted by atomic mass is 10.3. The number of nitrogens with two attached hydrogens (primary N) is 1. The molecule has 0 amide bonds. The topological polar surface area (TPSA) is 56.7 Å². The zero-order valence-electron chi connectivity index (χ0n) is 8.21. The van der Waals surface area contributed by atoms with Crippen LogP contribution in [0.2, 0.25) is 10.0 Å². The van der Waals surface area contributed by atoms with E-state index in [9.17, 15) is 0 Å². The number of nitrogen functional groups attached to an aromatic ring is 1. The second-order valence-corrected chi connectivity index (χ2v) is 4.78. The SMILES string of the molecule is Cc1c(N)nnn1-c1ccc(Br)c(Cl)c1Cl. The van der Waals surface area contributed by atoms with Crippen LogP contribution in [0.25, 0.3) is 5.69 Å². The number of anilines is 1. The summed E-state index contributed by atoms with van der Waals surface area (Å²) >= 11 is 15.4. The first-order chi connectivity index (χ1) is 7.52. The molecule has 84 valence electrons. The van der Waals surface area contributed by atoms with E-state index < -0.39 is 0 Å². The monoisotopic (exact) mass is 320 g/mol. The van der Waals surface area contributed by atoms with Crippen molar-refractivity contribution in [1.82, 2.24) is 15.0 Å². The van der Waals surface area contributed by atoms with Crippen LogP contribution in [0.15, 0.2) is 16.6 Å². The molecule has 0 aliphatic heterocycles. The maximum Gasteiger partial charge on any atom is 0.169 e. The van der Waals surface area contributed by atoms with Gasteiger partial charge in [0, 0.05) is 4.47 Å². The third-order valence-corrected chi connectivity index (χ3v) is 3.93. The zero-order valence-corrected chi connectivity index (χ0v) is 11.3. The molecule has 0 radical (unpaired) electrons. The molecule has 1 aromatic heterocycles. The Bertz CT molecular complexity index is 553. The highest BCUT2D eigenvalue weighted by Crippen LogP contribution is 2.35. The molecule has 2 rings (SSSR count). The maximum absolute atomic E-state index is 6.12. The number of benzene rings is 1. The van der Waals surface area contributed by atoms with Gasteiger partial charge in [-0.05, 0) is 35.0 Å². The highest BCUT2D eigenvalue weighted by Gasteiger charge is 2.14. The Morgan fingerprint density at radius 1 is 1.31 bits per heavy atom. The van der Waals surface area contributed by atoms with E-state index in [-0.39, 0.29) is 0 Å². The number of hydrogen-bond donors (Lipinski definition) is 1. The lowest BCUT2D eigenvalue weighted by Gasteiger charge is -2.08. The smallest absolute Gasteiger partial charge is 0.169 e. The van der Waals surface area contributed by atoms with Crippen molar-refractivity contribution in [3.8, 4) is 5.69 Å². The van der Waals surface area contributed by atoms with Gasteiger partial charge in [-0.3, -0.25) is 0 Å². The van der Waals surface area contributed by atoms with Crippen LogP contribution in [0.4, 0.5) is 5.82 Å². The van der Waals surface area contributed by atoms with Crippen LogP contribution in [0.3, 0.4) is 0 Å². The van der Waals surface area contributed by atoms with Gasteiger partial charge < -0.3 is 5.73 Å². The Balaban J connectivity index is 2.66. The Morgan fingerprint density at radius 2 is 2.00 bits per heavy atom. The molecule has 0 aliphatic carbocycles. The largest absolute Gasteiger partial charge is 0.381 e. The van der Waals surface area contributed by atoms with Crippen LogP contribution in [0.1, 0.15) is 5.69 Å². The summed E-state index contributed by atoms with van der Waals surface area (Å²) in [5.41, 5.74) is 6.99.